The number of hydrogen-bond acceptors (Lipinski definition) is 4. The molecule has 0 aliphatic rings. The lowest BCUT2D eigenvalue weighted by molar-refractivity contribution is 0.0988. The van der Waals surface area contributed by atoms with E-state index in [2.05, 4.69) is 4.98 Å². The van der Waals surface area contributed by atoms with Crippen molar-refractivity contribution in [3.05, 3.63) is 53.3 Å². The van der Waals surface area contributed by atoms with Crippen LogP contribution in [0.3, 0.4) is 0 Å². The summed E-state index contributed by atoms with van der Waals surface area (Å²) in [6.07, 6.45) is 2.10. The number of carbonyl (C=O) groups excluding carboxylic acids is 1. The highest BCUT2D eigenvalue weighted by molar-refractivity contribution is 7.78. The van der Waals surface area contributed by atoms with E-state index in [9.17, 15) is 13.6 Å². The van der Waals surface area contributed by atoms with Gasteiger partial charge in [0.25, 0.3) is 0 Å². The topological polar surface area (TPSA) is 70.1 Å². The smallest absolute Gasteiger partial charge is 0.163 e. The van der Waals surface area contributed by atoms with Crippen molar-refractivity contribution in [2.24, 2.45) is 0 Å². The summed E-state index contributed by atoms with van der Waals surface area (Å²) in [6.45, 7) is 3.69. The molecule has 0 fully saturated rings. The molecule has 110 valence electrons. The first kappa shape index (κ1) is 15.5. The fraction of sp³-hybridized carbons (Fsp3) is 0.250. The fourth-order valence-electron chi connectivity index (χ4n) is 2.12. The monoisotopic (exact) mass is 302 g/mol. The molecule has 1 atom stereocenters. The molecule has 1 aromatic carbocycles. The number of aromatic nitrogens is 1. The summed E-state index contributed by atoms with van der Waals surface area (Å²) in [4.78, 5) is 16.4. The Bertz CT molecular complexity index is 680. The molecule has 2 rings (SSSR count). The first-order valence-corrected chi connectivity index (χ1v) is 7.90. The molecule has 0 bridgehead atoms. The van der Waals surface area contributed by atoms with Gasteiger partial charge in [0.1, 0.15) is 0 Å². The minimum absolute atomic E-state index is 0.0101. The normalized spacial score (nSPS) is 12.1. The molecule has 21 heavy (non-hydrogen) atoms. The molecule has 0 amide bonds. The predicted molar refractivity (Wildman–Crippen MR) is 81.7 cm³/mol. The molecule has 5 heteroatoms. The lowest BCUT2D eigenvalue weighted by Crippen LogP contribution is -2.03. The van der Waals surface area contributed by atoms with Crippen LogP contribution in [-0.4, -0.2) is 19.5 Å². The number of hydrogen-bond donors (Lipinski definition) is 0. The van der Waals surface area contributed by atoms with E-state index < -0.39 is 11.1 Å². The molecule has 0 saturated carbocycles. The van der Waals surface area contributed by atoms with E-state index in [1.807, 2.05) is 19.1 Å². The number of carbonyl (C=O) groups is 1. The largest absolute Gasteiger partial charge is 0.772 e. The van der Waals surface area contributed by atoms with Gasteiger partial charge in [0, 0.05) is 35.2 Å². The molecule has 0 aliphatic carbocycles. The second kappa shape index (κ2) is 6.74. The van der Waals surface area contributed by atoms with E-state index >= 15 is 0 Å². The average molecular weight is 302 g/mol. The van der Waals surface area contributed by atoms with Gasteiger partial charge >= 0.3 is 0 Å². The summed E-state index contributed by atoms with van der Waals surface area (Å²) >= 11 is -2.17. The Labute approximate surface area is 126 Å². The Hall–Kier alpha value is -1.85. The zero-order chi connectivity index (χ0) is 15.4. The highest BCUT2D eigenvalue weighted by Gasteiger charge is 2.12. The van der Waals surface area contributed by atoms with Crippen molar-refractivity contribution < 1.29 is 13.6 Å². The number of ketones is 1. The number of benzene rings is 1. The van der Waals surface area contributed by atoms with E-state index in [1.54, 1.807) is 31.3 Å². The quantitative estimate of drug-likeness (QED) is 0.629. The van der Waals surface area contributed by atoms with Gasteiger partial charge in [0.05, 0.1) is 0 Å². The number of Topliss-reactive ketones (excluding diaryl/α,β-unsaturated/α-hetero) is 1. The van der Waals surface area contributed by atoms with Gasteiger partial charge in [-0.05, 0) is 30.2 Å². The van der Waals surface area contributed by atoms with Crippen LogP contribution in [0.1, 0.15) is 35.0 Å². The van der Waals surface area contributed by atoms with Crippen LogP contribution >= 0.6 is 0 Å². The summed E-state index contributed by atoms with van der Waals surface area (Å²) in [5.74, 6) is -0.0970. The van der Waals surface area contributed by atoms with Crippen LogP contribution in [0.4, 0.5) is 0 Å². The lowest BCUT2D eigenvalue weighted by atomic mass is 9.95. The molecule has 0 N–H and O–H groups in total. The molecule has 0 saturated heterocycles. The van der Waals surface area contributed by atoms with Crippen molar-refractivity contribution in [1.29, 1.82) is 0 Å². The molecule has 1 aromatic heterocycles. The van der Waals surface area contributed by atoms with Crippen LogP contribution in [0.15, 0.2) is 36.5 Å². The Morgan fingerprint density at radius 1 is 1.29 bits per heavy atom. The number of rotatable bonds is 5. The van der Waals surface area contributed by atoms with Crippen LogP contribution in [0.2, 0.25) is 0 Å². The Balaban J connectivity index is 2.51. The maximum absolute atomic E-state index is 12.1. The maximum atomic E-state index is 12.1. The molecular weight excluding hydrogens is 286 g/mol. The second-order valence-electron chi connectivity index (χ2n) is 4.79. The Kier molecular flexibility index (Phi) is 4.98. The van der Waals surface area contributed by atoms with Gasteiger partial charge in [-0.25, -0.2) is 0 Å². The Morgan fingerprint density at radius 3 is 2.62 bits per heavy atom. The van der Waals surface area contributed by atoms with Crippen molar-refractivity contribution in [2.75, 3.05) is 0 Å². The fourth-order valence-corrected chi connectivity index (χ4v) is 2.57. The summed E-state index contributed by atoms with van der Waals surface area (Å²) in [6, 6.07) is 8.98. The van der Waals surface area contributed by atoms with Gasteiger partial charge in [-0.3, -0.25) is 14.0 Å². The molecule has 1 unspecified atom stereocenters. The van der Waals surface area contributed by atoms with Crippen LogP contribution in [-0.2, 0) is 16.8 Å². The first-order valence-electron chi connectivity index (χ1n) is 6.66. The average Bonchev–Trinajstić information content (AvgIpc) is 2.47. The Morgan fingerprint density at radius 2 is 2.05 bits per heavy atom. The van der Waals surface area contributed by atoms with Crippen LogP contribution in [0, 0.1) is 6.92 Å². The summed E-state index contributed by atoms with van der Waals surface area (Å²) < 4.78 is 21.6. The third kappa shape index (κ3) is 3.83. The van der Waals surface area contributed by atoms with E-state index in [-0.39, 0.29) is 11.5 Å². The molecule has 0 radical (unpaired) electrons. The summed E-state index contributed by atoms with van der Waals surface area (Å²) in [5, 5.41) is 0. The van der Waals surface area contributed by atoms with Crippen LogP contribution < -0.4 is 0 Å². The van der Waals surface area contributed by atoms with Crippen molar-refractivity contribution in [3.8, 4) is 11.1 Å². The third-order valence-electron chi connectivity index (χ3n) is 3.21. The molecular formula is C16H16NO3S-. The minimum Gasteiger partial charge on any atom is -0.772 e. The maximum Gasteiger partial charge on any atom is 0.163 e. The number of pyridine rings is 1. The van der Waals surface area contributed by atoms with E-state index in [1.165, 1.54) is 0 Å². The van der Waals surface area contributed by atoms with Crippen molar-refractivity contribution in [2.45, 2.75) is 26.0 Å². The van der Waals surface area contributed by atoms with Gasteiger partial charge in [-0.1, -0.05) is 36.2 Å². The SMILES string of the molecule is CCC(=O)c1cc(CS(=O)[O-])ccc1-c1ccc(C)nc1. The minimum atomic E-state index is -2.17. The third-order valence-corrected chi connectivity index (χ3v) is 3.78. The van der Waals surface area contributed by atoms with E-state index in [0.717, 1.165) is 16.8 Å². The number of nitrogens with zero attached hydrogens (tertiary/aromatic N) is 1. The lowest BCUT2D eigenvalue weighted by Gasteiger charge is -2.12. The number of aryl methyl sites for hydroxylation is 1. The van der Waals surface area contributed by atoms with Crippen LogP contribution in [0.25, 0.3) is 11.1 Å². The molecule has 0 aliphatic heterocycles. The van der Waals surface area contributed by atoms with E-state index in [0.29, 0.717) is 17.5 Å². The molecule has 1 heterocycles. The highest BCUT2D eigenvalue weighted by Crippen LogP contribution is 2.26. The second-order valence-corrected chi connectivity index (χ2v) is 5.69. The van der Waals surface area contributed by atoms with Crippen molar-refractivity contribution in [3.63, 3.8) is 0 Å². The molecule has 2 aromatic rings. The van der Waals surface area contributed by atoms with Crippen molar-refractivity contribution in [1.82, 2.24) is 4.98 Å². The van der Waals surface area contributed by atoms with Gasteiger partial charge in [-0.2, -0.15) is 0 Å². The summed E-state index contributed by atoms with van der Waals surface area (Å²) in [5.41, 5.74) is 3.71. The van der Waals surface area contributed by atoms with Crippen molar-refractivity contribution >= 4 is 16.9 Å². The van der Waals surface area contributed by atoms with E-state index in [4.69, 9.17) is 0 Å². The first-order chi connectivity index (χ1) is 10.0. The van der Waals surface area contributed by atoms with Crippen LogP contribution in [0.5, 0.6) is 0 Å². The highest BCUT2D eigenvalue weighted by atomic mass is 32.2. The summed E-state index contributed by atoms with van der Waals surface area (Å²) in [7, 11) is 0. The standard InChI is InChI=1S/C16H17NO3S/c1-3-16(18)15-8-12(10-21(19)20)5-7-14(15)13-6-4-11(2)17-9-13/h4-9H,3,10H2,1-2H3,(H,19,20)/p-1. The molecule has 4 nitrogen and oxygen atoms in total. The van der Waals surface area contributed by atoms with Gasteiger partial charge in [0.15, 0.2) is 5.78 Å². The predicted octanol–water partition coefficient (Wildman–Crippen LogP) is 3.03. The molecule has 0 spiro atoms. The van der Waals surface area contributed by atoms with Gasteiger partial charge in [0.2, 0.25) is 0 Å². The van der Waals surface area contributed by atoms with Gasteiger partial charge < -0.3 is 4.55 Å². The zero-order valence-electron chi connectivity index (χ0n) is 12.0. The van der Waals surface area contributed by atoms with Gasteiger partial charge in [-0.15, -0.1) is 0 Å². The zero-order valence-corrected chi connectivity index (χ0v) is 12.8.